The van der Waals surface area contributed by atoms with Crippen molar-refractivity contribution >= 4 is 29.5 Å². The van der Waals surface area contributed by atoms with E-state index in [1.807, 2.05) is 31.2 Å². The number of aryl methyl sites for hydroxylation is 1. The van der Waals surface area contributed by atoms with Gasteiger partial charge in [0.05, 0.1) is 5.69 Å². The van der Waals surface area contributed by atoms with Crippen LogP contribution in [0.2, 0.25) is 5.02 Å². The van der Waals surface area contributed by atoms with Crippen molar-refractivity contribution in [3.8, 4) is 5.75 Å². The molecule has 0 unspecified atom stereocenters. The van der Waals surface area contributed by atoms with Crippen molar-refractivity contribution in [3.63, 3.8) is 0 Å². The maximum atomic E-state index is 10.7. The van der Waals surface area contributed by atoms with Crippen LogP contribution in [0.5, 0.6) is 5.75 Å². The van der Waals surface area contributed by atoms with Crippen LogP contribution in [0.4, 0.5) is 5.69 Å². The molecule has 0 spiro atoms. The molecule has 2 aromatic carbocycles. The maximum Gasteiger partial charge on any atom is 0.344 e. The highest BCUT2D eigenvalue weighted by Crippen LogP contribution is 2.22. The number of hydrogen-bond donors (Lipinski definition) is 1. The number of benzene rings is 2. The third-order valence-electron chi connectivity index (χ3n) is 3.06. The van der Waals surface area contributed by atoms with Gasteiger partial charge in [0.15, 0.2) is 6.10 Å². The zero-order valence-electron chi connectivity index (χ0n) is 12.3. The molecule has 114 valence electrons. The summed E-state index contributed by atoms with van der Waals surface area (Å²) in [5.41, 5.74) is 2.66. The van der Waals surface area contributed by atoms with E-state index in [9.17, 15) is 4.79 Å². The first kappa shape index (κ1) is 16.0. The van der Waals surface area contributed by atoms with Gasteiger partial charge in [-0.2, -0.15) is 0 Å². The third-order valence-corrected chi connectivity index (χ3v) is 3.47. The summed E-state index contributed by atoms with van der Waals surface area (Å²) in [6.07, 6.45) is 0.833. The molecule has 22 heavy (non-hydrogen) atoms. The summed E-state index contributed by atoms with van der Waals surface area (Å²) in [4.78, 5) is 15.1. The Morgan fingerprint density at radius 1 is 1.27 bits per heavy atom. The summed E-state index contributed by atoms with van der Waals surface area (Å²) in [5, 5.41) is 9.47. The van der Waals surface area contributed by atoms with Gasteiger partial charge in [-0.1, -0.05) is 17.7 Å². The molecule has 1 atom stereocenters. The fourth-order valence-electron chi connectivity index (χ4n) is 1.70. The number of hydrogen-bond acceptors (Lipinski definition) is 3. The first-order valence-corrected chi connectivity index (χ1v) is 7.13. The Morgan fingerprint density at radius 2 is 1.95 bits per heavy atom. The normalized spacial score (nSPS) is 12.3. The van der Waals surface area contributed by atoms with Gasteiger partial charge in [0.1, 0.15) is 5.75 Å². The lowest BCUT2D eigenvalue weighted by molar-refractivity contribution is -0.144. The summed E-state index contributed by atoms with van der Waals surface area (Å²) in [6, 6.07) is 12.7. The van der Waals surface area contributed by atoms with Gasteiger partial charge in [-0.25, -0.2) is 4.79 Å². The van der Waals surface area contributed by atoms with Crippen LogP contribution in [0.15, 0.2) is 47.5 Å². The average molecular weight is 318 g/mol. The van der Waals surface area contributed by atoms with Gasteiger partial charge in [-0.3, -0.25) is 4.99 Å². The second-order valence-electron chi connectivity index (χ2n) is 4.86. The maximum absolute atomic E-state index is 10.7. The quantitative estimate of drug-likeness (QED) is 0.839. The van der Waals surface area contributed by atoms with E-state index < -0.39 is 12.1 Å². The van der Waals surface area contributed by atoms with Gasteiger partial charge in [0, 0.05) is 11.2 Å². The summed E-state index contributed by atoms with van der Waals surface area (Å²) in [7, 11) is 0. The SMILES string of the molecule is Cc1ccc(N=Cc2ccc(O[C@@H](C)C(=O)O)cc2)cc1Cl. The molecule has 0 saturated carbocycles. The summed E-state index contributed by atoms with van der Waals surface area (Å²) >= 11 is 6.05. The van der Waals surface area contributed by atoms with E-state index >= 15 is 0 Å². The van der Waals surface area contributed by atoms with Crippen LogP contribution in [0.3, 0.4) is 0 Å². The van der Waals surface area contributed by atoms with E-state index in [0.29, 0.717) is 10.8 Å². The zero-order chi connectivity index (χ0) is 16.1. The minimum absolute atomic E-state index is 0.505. The number of ether oxygens (including phenoxy) is 1. The van der Waals surface area contributed by atoms with Crippen molar-refractivity contribution in [2.75, 3.05) is 0 Å². The molecule has 0 heterocycles. The number of rotatable bonds is 5. The van der Waals surface area contributed by atoms with Crippen LogP contribution in [0.25, 0.3) is 0 Å². The van der Waals surface area contributed by atoms with Crippen molar-refractivity contribution in [1.82, 2.24) is 0 Å². The molecule has 0 radical (unpaired) electrons. The van der Waals surface area contributed by atoms with E-state index in [-0.39, 0.29) is 0 Å². The van der Waals surface area contributed by atoms with Crippen LogP contribution in [0.1, 0.15) is 18.1 Å². The predicted octanol–water partition coefficient (Wildman–Crippen LogP) is 4.25. The molecule has 0 aromatic heterocycles. The van der Waals surface area contributed by atoms with Gasteiger partial charge in [0.25, 0.3) is 0 Å². The summed E-state index contributed by atoms with van der Waals surface area (Å²) < 4.78 is 5.26. The zero-order valence-corrected chi connectivity index (χ0v) is 13.0. The number of halogens is 1. The Balaban J connectivity index is 2.05. The Bertz CT molecular complexity index is 696. The smallest absolute Gasteiger partial charge is 0.344 e. The molecule has 4 nitrogen and oxygen atoms in total. The monoisotopic (exact) mass is 317 g/mol. The van der Waals surface area contributed by atoms with Gasteiger partial charge in [-0.05, 0) is 61.4 Å². The highest BCUT2D eigenvalue weighted by Gasteiger charge is 2.11. The number of aliphatic carboxylic acids is 1. The molecule has 2 aromatic rings. The first-order valence-electron chi connectivity index (χ1n) is 6.75. The van der Waals surface area contributed by atoms with Crippen molar-refractivity contribution < 1.29 is 14.6 Å². The van der Waals surface area contributed by atoms with Gasteiger partial charge in [0.2, 0.25) is 0 Å². The Morgan fingerprint density at radius 3 is 2.55 bits per heavy atom. The standard InChI is InChI=1S/C17H16ClNO3/c1-11-3-6-14(9-16(11)18)19-10-13-4-7-15(8-5-13)22-12(2)17(20)21/h3-10,12H,1-2H3,(H,20,21)/t12-/m0/s1. The fraction of sp³-hybridized carbons (Fsp3) is 0.176. The lowest BCUT2D eigenvalue weighted by atomic mass is 10.2. The Kier molecular flexibility index (Phi) is 5.17. The highest BCUT2D eigenvalue weighted by atomic mass is 35.5. The second-order valence-corrected chi connectivity index (χ2v) is 5.27. The lowest BCUT2D eigenvalue weighted by Crippen LogP contribution is -2.22. The van der Waals surface area contributed by atoms with E-state index in [1.54, 1.807) is 24.4 Å². The fourth-order valence-corrected chi connectivity index (χ4v) is 1.87. The van der Waals surface area contributed by atoms with Crippen LogP contribution < -0.4 is 4.74 Å². The largest absolute Gasteiger partial charge is 0.479 e. The minimum Gasteiger partial charge on any atom is -0.479 e. The van der Waals surface area contributed by atoms with Crippen LogP contribution >= 0.6 is 11.6 Å². The number of carboxylic acid groups (broad SMARTS) is 1. The number of nitrogens with zero attached hydrogens (tertiary/aromatic N) is 1. The second kappa shape index (κ2) is 7.09. The molecule has 0 aliphatic carbocycles. The van der Waals surface area contributed by atoms with Crippen LogP contribution in [0, 0.1) is 6.92 Å². The van der Waals surface area contributed by atoms with E-state index in [0.717, 1.165) is 16.8 Å². The lowest BCUT2D eigenvalue weighted by Gasteiger charge is -2.09. The predicted molar refractivity (Wildman–Crippen MR) is 87.6 cm³/mol. The van der Waals surface area contributed by atoms with Crippen LogP contribution in [-0.4, -0.2) is 23.4 Å². The number of aliphatic imine (C=N–C) groups is 1. The van der Waals surface area contributed by atoms with Gasteiger partial charge < -0.3 is 9.84 Å². The minimum atomic E-state index is -0.998. The molecule has 2 rings (SSSR count). The molecular weight excluding hydrogens is 302 g/mol. The molecular formula is C17H16ClNO3. The first-order chi connectivity index (χ1) is 10.5. The Hall–Kier alpha value is -2.33. The Labute approximate surface area is 134 Å². The van der Waals surface area contributed by atoms with Crippen LogP contribution in [-0.2, 0) is 4.79 Å². The molecule has 0 saturated heterocycles. The van der Waals surface area contributed by atoms with Crippen molar-refractivity contribution in [2.24, 2.45) is 4.99 Å². The molecule has 0 fully saturated rings. The molecule has 0 aliphatic rings. The van der Waals surface area contributed by atoms with Crippen molar-refractivity contribution in [3.05, 3.63) is 58.6 Å². The van der Waals surface area contributed by atoms with Crippen molar-refractivity contribution in [1.29, 1.82) is 0 Å². The molecule has 5 heteroatoms. The summed E-state index contributed by atoms with van der Waals surface area (Å²) in [5.74, 6) is -0.493. The van der Waals surface area contributed by atoms with E-state index in [4.69, 9.17) is 21.4 Å². The number of carbonyl (C=O) groups is 1. The van der Waals surface area contributed by atoms with Crippen molar-refractivity contribution in [2.45, 2.75) is 20.0 Å². The third kappa shape index (κ3) is 4.33. The van der Waals surface area contributed by atoms with E-state index in [2.05, 4.69) is 4.99 Å². The topological polar surface area (TPSA) is 58.9 Å². The molecule has 0 aliphatic heterocycles. The molecule has 0 bridgehead atoms. The van der Waals surface area contributed by atoms with E-state index in [1.165, 1.54) is 6.92 Å². The highest BCUT2D eigenvalue weighted by molar-refractivity contribution is 6.31. The molecule has 0 amide bonds. The number of carboxylic acids is 1. The van der Waals surface area contributed by atoms with Gasteiger partial charge in [-0.15, -0.1) is 0 Å². The summed E-state index contributed by atoms with van der Waals surface area (Å²) in [6.45, 7) is 3.42. The molecule has 1 N–H and O–H groups in total. The average Bonchev–Trinajstić information content (AvgIpc) is 2.49. The van der Waals surface area contributed by atoms with Gasteiger partial charge >= 0.3 is 5.97 Å².